The molecule has 1 aliphatic heterocycles. The predicted octanol–water partition coefficient (Wildman–Crippen LogP) is 2.34. The summed E-state index contributed by atoms with van der Waals surface area (Å²) in [5.41, 5.74) is 7.39. The summed E-state index contributed by atoms with van der Waals surface area (Å²) >= 11 is 1.68. The number of nitrogens with zero attached hydrogens (tertiary/aromatic N) is 3. The van der Waals surface area contributed by atoms with E-state index in [1.54, 1.807) is 11.3 Å². The van der Waals surface area contributed by atoms with Crippen LogP contribution in [-0.4, -0.2) is 33.2 Å². The zero-order valence-corrected chi connectivity index (χ0v) is 11.7. The molecule has 1 N–H and O–H groups in total. The summed E-state index contributed by atoms with van der Waals surface area (Å²) in [4.78, 5) is 6.90. The second-order valence-electron chi connectivity index (χ2n) is 5.60. The molecular weight excluding hydrogens is 256 g/mol. The summed E-state index contributed by atoms with van der Waals surface area (Å²) in [5.74, 6) is 0.755. The molecule has 0 radical (unpaired) electrons. The molecule has 4 rings (SSSR count). The van der Waals surface area contributed by atoms with Crippen LogP contribution in [0.25, 0.3) is 0 Å². The highest BCUT2D eigenvalue weighted by atomic mass is 32.1. The third-order valence-corrected chi connectivity index (χ3v) is 4.81. The van der Waals surface area contributed by atoms with Crippen LogP contribution in [0.4, 0.5) is 0 Å². The quantitative estimate of drug-likeness (QED) is 0.934. The molecule has 0 unspecified atom stereocenters. The van der Waals surface area contributed by atoms with Crippen molar-refractivity contribution >= 4 is 11.3 Å². The highest BCUT2D eigenvalue weighted by Gasteiger charge is 2.31. The Bertz CT molecular complexity index is 556. The molecule has 1 aliphatic carbocycles. The van der Waals surface area contributed by atoms with Crippen LogP contribution in [0.5, 0.6) is 0 Å². The van der Waals surface area contributed by atoms with Crippen LogP contribution in [0.15, 0.2) is 10.9 Å². The number of hydrogen-bond donors (Lipinski definition) is 1. The minimum Gasteiger partial charge on any atom is -0.297 e. The highest BCUT2D eigenvalue weighted by molar-refractivity contribution is 7.07. The highest BCUT2D eigenvalue weighted by Crippen LogP contribution is 2.41. The number of rotatable bonds is 3. The lowest BCUT2D eigenvalue weighted by molar-refractivity contribution is 0.275. The molecule has 2 aromatic rings. The number of nitrogens with one attached hydrogen (secondary N) is 1. The molecule has 0 bridgehead atoms. The lowest BCUT2D eigenvalue weighted by Gasteiger charge is -2.18. The fourth-order valence-corrected chi connectivity index (χ4v) is 3.50. The van der Waals surface area contributed by atoms with Gasteiger partial charge in [0.2, 0.25) is 0 Å². The Morgan fingerprint density at radius 2 is 2.21 bits per heavy atom. The fourth-order valence-electron chi connectivity index (χ4n) is 2.95. The maximum absolute atomic E-state index is 4.55. The van der Waals surface area contributed by atoms with Crippen molar-refractivity contribution in [2.45, 2.75) is 38.1 Å². The number of H-pyrrole nitrogens is 1. The number of fused-ring (bicyclic) bond motifs is 1. The second kappa shape index (κ2) is 4.72. The predicted molar refractivity (Wildman–Crippen MR) is 75.4 cm³/mol. The maximum Gasteiger partial charge on any atom is 0.0795 e. The Kier molecular flexibility index (Phi) is 2.89. The van der Waals surface area contributed by atoms with E-state index in [2.05, 4.69) is 25.5 Å². The van der Waals surface area contributed by atoms with Crippen molar-refractivity contribution in [2.24, 2.45) is 0 Å². The van der Waals surface area contributed by atoms with E-state index in [0.29, 0.717) is 0 Å². The van der Waals surface area contributed by atoms with Crippen molar-refractivity contribution in [3.05, 3.63) is 33.5 Å². The summed E-state index contributed by atoms with van der Waals surface area (Å²) < 4.78 is 0. The van der Waals surface area contributed by atoms with Gasteiger partial charge in [0.15, 0.2) is 0 Å². The number of thiazole rings is 1. The van der Waals surface area contributed by atoms with Crippen LogP contribution in [-0.2, 0) is 19.4 Å². The first-order valence-electron chi connectivity index (χ1n) is 7.05. The summed E-state index contributed by atoms with van der Waals surface area (Å²) in [7, 11) is 0. The summed E-state index contributed by atoms with van der Waals surface area (Å²) in [6.45, 7) is 3.22. The van der Waals surface area contributed by atoms with Crippen molar-refractivity contribution in [1.29, 1.82) is 0 Å². The van der Waals surface area contributed by atoms with Crippen molar-refractivity contribution in [3.8, 4) is 0 Å². The van der Waals surface area contributed by atoms with Crippen LogP contribution >= 0.6 is 11.3 Å². The van der Waals surface area contributed by atoms with E-state index in [9.17, 15) is 0 Å². The Labute approximate surface area is 116 Å². The minimum absolute atomic E-state index is 0.755. The number of hydrogen-bond acceptors (Lipinski definition) is 4. The fraction of sp³-hybridized carbons (Fsp3) is 0.571. The zero-order chi connectivity index (χ0) is 12.7. The topological polar surface area (TPSA) is 44.8 Å². The van der Waals surface area contributed by atoms with Crippen LogP contribution in [0.3, 0.4) is 0 Å². The average molecular weight is 274 g/mol. The van der Waals surface area contributed by atoms with Crippen molar-refractivity contribution in [1.82, 2.24) is 20.1 Å². The molecule has 0 spiro atoms. The lowest BCUT2D eigenvalue weighted by atomic mass is 10.1. The Morgan fingerprint density at radius 1 is 1.32 bits per heavy atom. The molecule has 0 saturated heterocycles. The molecule has 1 saturated carbocycles. The van der Waals surface area contributed by atoms with Gasteiger partial charge in [0.1, 0.15) is 0 Å². The Hall–Kier alpha value is -1.20. The molecule has 0 aromatic carbocycles. The smallest absolute Gasteiger partial charge is 0.0795 e. The van der Waals surface area contributed by atoms with Gasteiger partial charge in [0, 0.05) is 43.0 Å². The first-order chi connectivity index (χ1) is 9.40. The van der Waals surface area contributed by atoms with Crippen molar-refractivity contribution in [2.75, 3.05) is 13.1 Å². The second-order valence-corrected chi connectivity index (χ2v) is 6.31. The van der Waals surface area contributed by atoms with E-state index in [1.807, 2.05) is 5.51 Å². The van der Waals surface area contributed by atoms with E-state index in [1.165, 1.54) is 35.5 Å². The van der Waals surface area contributed by atoms with E-state index in [-0.39, 0.29) is 0 Å². The molecule has 3 heterocycles. The largest absolute Gasteiger partial charge is 0.297 e. The molecule has 1 fully saturated rings. The van der Waals surface area contributed by atoms with Crippen molar-refractivity contribution < 1.29 is 0 Å². The first-order valence-corrected chi connectivity index (χ1v) is 8.00. The van der Waals surface area contributed by atoms with E-state index in [0.717, 1.165) is 38.4 Å². The average Bonchev–Trinajstić information content (AvgIpc) is 3.05. The van der Waals surface area contributed by atoms with Gasteiger partial charge in [-0.15, -0.1) is 11.3 Å². The molecule has 0 amide bonds. The normalized spacial score (nSPS) is 20.2. The zero-order valence-electron chi connectivity index (χ0n) is 10.9. The van der Waals surface area contributed by atoms with Gasteiger partial charge in [-0.2, -0.15) is 5.10 Å². The molecule has 2 aromatic heterocycles. The van der Waals surface area contributed by atoms with Gasteiger partial charge >= 0.3 is 0 Å². The van der Waals surface area contributed by atoms with Crippen LogP contribution < -0.4 is 0 Å². The molecule has 5 heteroatoms. The molecule has 0 atom stereocenters. The maximum atomic E-state index is 4.55. The van der Waals surface area contributed by atoms with Gasteiger partial charge in [0.25, 0.3) is 0 Å². The van der Waals surface area contributed by atoms with Gasteiger partial charge in [-0.05, 0) is 24.8 Å². The van der Waals surface area contributed by atoms with Gasteiger partial charge in [-0.3, -0.25) is 10.00 Å². The summed E-state index contributed by atoms with van der Waals surface area (Å²) in [6, 6.07) is 0. The third-order valence-electron chi connectivity index (χ3n) is 4.17. The van der Waals surface area contributed by atoms with Gasteiger partial charge < -0.3 is 0 Å². The Balaban J connectivity index is 1.48. The third kappa shape index (κ3) is 2.32. The van der Waals surface area contributed by atoms with Crippen LogP contribution in [0.2, 0.25) is 0 Å². The standard InChI is InChI=1S/C14H18N4S/c1-2-10(1)14-12-3-5-18(6-4-13(12)16-17-14)7-11-8-19-9-15-11/h8-10H,1-7H2,(H,16,17). The summed E-state index contributed by atoms with van der Waals surface area (Å²) in [5, 5.41) is 9.98. The molecule has 2 aliphatic rings. The molecule has 4 nitrogen and oxygen atoms in total. The van der Waals surface area contributed by atoms with E-state index < -0.39 is 0 Å². The Morgan fingerprint density at radius 3 is 3.00 bits per heavy atom. The first kappa shape index (κ1) is 11.6. The molecule has 100 valence electrons. The SMILES string of the molecule is c1nc(CN2CCc3[nH]nc(C4CC4)c3CC2)cs1. The van der Waals surface area contributed by atoms with Crippen molar-refractivity contribution in [3.63, 3.8) is 0 Å². The van der Waals surface area contributed by atoms with Crippen LogP contribution in [0, 0.1) is 0 Å². The van der Waals surface area contributed by atoms with Crippen LogP contribution in [0.1, 0.15) is 41.4 Å². The molecular formula is C14H18N4S. The van der Waals surface area contributed by atoms with Gasteiger partial charge in [-0.25, -0.2) is 4.98 Å². The molecule has 19 heavy (non-hydrogen) atoms. The number of aromatic amines is 1. The summed E-state index contributed by atoms with van der Waals surface area (Å²) in [6.07, 6.45) is 4.90. The van der Waals surface area contributed by atoms with Gasteiger partial charge in [-0.1, -0.05) is 0 Å². The van der Waals surface area contributed by atoms with Gasteiger partial charge in [0.05, 0.1) is 16.9 Å². The van der Waals surface area contributed by atoms with E-state index in [4.69, 9.17) is 0 Å². The number of aromatic nitrogens is 3. The lowest BCUT2D eigenvalue weighted by Crippen LogP contribution is -2.26. The van der Waals surface area contributed by atoms with E-state index >= 15 is 0 Å². The monoisotopic (exact) mass is 274 g/mol. The minimum atomic E-state index is 0.755.